The molecule has 0 spiro atoms. The van der Waals surface area contributed by atoms with E-state index >= 15 is 0 Å². The van der Waals surface area contributed by atoms with Crippen molar-refractivity contribution in [3.05, 3.63) is 110 Å². The molecule has 0 saturated heterocycles. The normalized spacial score (nSPS) is 17.4. The number of halogens is 1. The molecule has 1 heterocycles. The fourth-order valence-corrected chi connectivity index (χ4v) is 5.20. The molecule has 0 aliphatic carbocycles. The van der Waals surface area contributed by atoms with Gasteiger partial charge in [0, 0.05) is 47.5 Å². The lowest BCUT2D eigenvalue weighted by molar-refractivity contribution is -0.130. The Labute approximate surface area is 271 Å². The number of ether oxygens (including phenoxy) is 3. The van der Waals surface area contributed by atoms with E-state index in [1.165, 1.54) is 0 Å². The van der Waals surface area contributed by atoms with Crippen molar-refractivity contribution in [2.75, 3.05) is 26.4 Å². The lowest BCUT2D eigenvalue weighted by Gasteiger charge is -2.31. The maximum Gasteiger partial charge on any atom is 0.266 e. The Kier molecular flexibility index (Phi) is 12.8. The fourth-order valence-electron chi connectivity index (χ4n) is 4.93. The molecular formula is C33H39BrN6O5. The molecule has 3 aromatic rings. The lowest BCUT2D eigenvalue weighted by Crippen LogP contribution is -2.54. The van der Waals surface area contributed by atoms with E-state index in [9.17, 15) is 4.79 Å². The van der Waals surface area contributed by atoms with E-state index in [-0.39, 0.29) is 31.6 Å². The number of carbonyl (C=O) groups excluding carboxylic acids is 1. The second kappa shape index (κ2) is 17.0. The van der Waals surface area contributed by atoms with Gasteiger partial charge < -0.3 is 19.3 Å². The standard InChI is InChI=1S/C33H39BrN6O5/c1-23(2)43-19-5-17-36-39-32(42)33(21-26-7-3-4-8-27(26)22-37-40-35)30(24-9-13-28(34)14-10-24)45-31(38-33)25-11-15-29(16-12-25)44-20-6-18-41/h3-4,7-16,23,30,36,41H,5-6,17-22H2,1-2H3,(H,39,42)/t30-,33-/m0/s1. The summed E-state index contributed by atoms with van der Waals surface area (Å²) in [7, 11) is 0. The van der Waals surface area contributed by atoms with Crippen molar-refractivity contribution in [2.24, 2.45) is 10.1 Å². The van der Waals surface area contributed by atoms with Crippen molar-refractivity contribution < 1.29 is 24.1 Å². The van der Waals surface area contributed by atoms with Gasteiger partial charge in [0.15, 0.2) is 11.6 Å². The second-order valence-corrected chi connectivity index (χ2v) is 11.7. The number of rotatable bonds is 17. The average Bonchev–Trinajstić information content (AvgIpc) is 3.43. The van der Waals surface area contributed by atoms with E-state index in [4.69, 9.17) is 29.8 Å². The highest BCUT2D eigenvalue weighted by molar-refractivity contribution is 9.10. The zero-order chi connectivity index (χ0) is 32.1. The Bertz CT molecular complexity index is 1480. The molecule has 3 aromatic carbocycles. The molecule has 0 radical (unpaired) electrons. The minimum absolute atomic E-state index is 0.0525. The number of carbonyl (C=O) groups is 1. The summed E-state index contributed by atoms with van der Waals surface area (Å²) in [6.07, 6.45) is 0.767. The molecule has 1 aliphatic rings. The molecule has 4 rings (SSSR count). The summed E-state index contributed by atoms with van der Waals surface area (Å²) in [6, 6.07) is 22.5. The maximum absolute atomic E-state index is 14.3. The van der Waals surface area contributed by atoms with Gasteiger partial charge >= 0.3 is 0 Å². The Morgan fingerprint density at radius 2 is 1.82 bits per heavy atom. The summed E-state index contributed by atoms with van der Waals surface area (Å²) in [6.45, 7) is 5.61. The number of aliphatic hydroxyl groups is 1. The third-order valence-electron chi connectivity index (χ3n) is 7.18. The van der Waals surface area contributed by atoms with Crippen molar-refractivity contribution in [2.45, 2.75) is 57.4 Å². The summed E-state index contributed by atoms with van der Waals surface area (Å²) in [5, 5.41) is 12.8. The number of hydrogen-bond acceptors (Lipinski definition) is 8. The van der Waals surface area contributed by atoms with Gasteiger partial charge in [-0.3, -0.25) is 10.2 Å². The van der Waals surface area contributed by atoms with E-state index < -0.39 is 11.6 Å². The van der Waals surface area contributed by atoms with Crippen LogP contribution in [0.15, 0.2) is 87.4 Å². The van der Waals surface area contributed by atoms with E-state index in [1.807, 2.05) is 86.6 Å². The zero-order valence-electron chi connectivity index (χ0n) is 25.5. The van der Waals surface area contributed by atoms with Crippen LogP contribution in [0.5, 0.6) is 5.75 Å². The molecule has 2 atom stereocenters. The van der Waals surface area contributed by atoms with Gasteiger partial charge in [0.05, 0.1) is 19.3 Å². The van der Waals surface area contributed by atoms with Crippen molar-refractivity contribution in [3.63, 3.8) is 0 Å². The Morgan fingerprint density at radius 3 is 2.51 bits per heavy atom. The molecule has 1 amide bonds. The fraction of sp³-hybridized carbons (Fsp3) is 0.394. The number of aliphatic hydroxyl groups excluding tert-OH is 1. The molecule has 3 N–H and O–H groups in total. The SMILES string of the molecule is CC(C)OCCCNNC(=O)[C@@]1(Cc2ccccc2CN=[N+]=[N-])N=C(c2ccc(OCCCO)cc2)O[C@H]1c1ccc(Br)cc1. The molecule has 0 fully saturated rings. The number of benzene rings is 3. The van der Waals surface area contributed by atoms with Gasteiger partial charge in [-0.15, -0.1) is 0 Å². The van der Waals surface area contributed by atoms with Gasteiger partial charge in [-0.1, -0.05) is 57.4 Å². The van der Waals surface area contributed by atoms with Crippen LogP contribution in [-0.4, -0.2) is 54.9 Å². The Morgan fingerprint density at radius 1 is 1.09 bits per heavy atom. The molecule has 0 aromatic heterocycles. The van der Waals surface area contributed by atoms with Gasteiger partial charge in [0.25, 0.3) is 5.91 Å². The predicted octanol–water partition coefficient (Wildman–Crippen LogP) is 5.96. The first-order valence-corrected chi connectivity index (χ1v) is 15.7. The van der Waals surface area contributed by atoms with Gasteiger partial charge in [0.1, 0.15) is 5.75 Å². The zero-order valence-corrected chi connectivity index (χ0v) is 27.1. The van der Waals surface area contributed by atoms with Gasteiger partial charge in [-0.2, -0.15) is 0 Å². The predicted molar refractivity (Wildman–Crippen MR) is 176 cm³/mol. The molecule has 0 unspecified atom stereocenters. The highest BCUT2D eigenvalue weighted by Gasteiger charge is 2.53. The van der Waals surface area contributed by atoms with Gasteiger partial charge in [-0.25, -0.2) is 10.4 Å². The summed E-state index contributed by atoms with van der Waals surface area (Å²) < 4.78 is 18.8. The molecule has 12 heteroatoms. The topological polar surface area (TPSA) is 150 Å². The van der Waals surface area contributed by atoms with Crippen molar-refractivity contribution in [1.29, 1.82) is 0 Å². The number of amides is 1. The summed E-state index contributed by atoms with van der Waals surface area (Å²) in [5.41, 5.74) is 16.6. The second-order valence-electron chi connectivity index (χ2n) is 10.8. The molecule has 238 valence electrons. The van der Waals surface area contributed by atoms with Crippen LogP contribution in [0, 0.1) is 0 Å². The number of nitrogens with one attached hydrogen (secondary N) is 2. The smallest absolute Gasteiger partial charge is 0.266 e. The van der Waals surface area contributed by atoms with Crippen molar-refractivity contribution >= 4 is 27.7 Å². The Hall–Kier alpha value is -3.93. The minimum Gasteiger partial charge on any atom is -0.494 e. The van der Waals surface area contributed by atoms with Crippen LogP contribution in [0.25, 0.3) is 10.4 Å². The van der Waals surface area contributed by atoms with Crippen LogP contribution >= 0.6 is 15.9 Å². The van der Waals surface area contributed by atoms with E-state index in [1.54, 1.807) is 0 Å². The van der Waals surface area contributed by atoms with Crippen LogP contribution in [-0.2, 0) is 27.2 Å². The molecular weight excluding hydrogens is 640 g/mol. The highest BCUT2D eigenvalue weighted by atomic mass is 79.9. The van der Waals surface area contributed by atoms with E-state index in [0.717, 1.165) is 21.2 Å². The van der Waals surface area contributed by atoms with Crippen LogP contribution in [0.3, 0.4) is 0 Å². The monoisotopic (exact) mass is 678 g/mol. The van der Waals surface area contributed by atoms with Crippen molar-refractivity contribution in [1.82, 2.24) is 10.9 Å². The van der Waals surface area contributed by atoms with Gasteiger partial charge in [-0.05, 0) is 78.9 Å². The minimum atomic E-state index is -1.42. The summed E-state index contributed by atoms with van der Waals surface area (Å²) >= 11 is 3.51. The first-order chi connectivity index (χ1) is 21.9. The lowest BCUT2D eigenvalue weighted by atomic mass is 9.81. The average molecular weight is 680 g/mol. The number of azide groups is 1. The molecule has 0 bridgehead atoms. The van der Waals surface area contributed by atoms with Crippen molar-refractivity contribution in [3.8, 4) is 5.75 Å². The largest absolute Gasteiger partial charge is 0.494 e. The third kappa shape index (κ3) is 9.29. The van der Waals surface area contributed by atoms with E-state index in [2.05, 4.69) is 36.8 Å². The number of nitrogens with zero attached hydrogens (tertiary/aromatic N) is 4. The van der Waals surface area contributed by atoms with Crippen LogP contribution < -0.4 is 15.6 Å². The van der Waals surface area contributed by atoms with Crippen LogP contribution in [0.2, 0.25) is 0 Å². The molecule has 11 nitrogen and oxygen atoms in total. The third-order valence-corrected chi connectivity index (χ3v) is 7.71. The van der Waals surface area contributed by atoms with Crippen LogP contribution in [0.1, 0.15) is 55.0 Å². The molecule has 1 aliphatic heterocycles. The maximum atomic E-state index is 14.3. The summed E-state index contributed by atoms with van der Waals surface area (Å²) in [5.74, 6) is 0.604. The number of aliphatic imine (C=N–C) groups is 1. The molecule has 45 heavy (non-hydrogen) atoms. The first kappa shape index (κ1) is 34.0. The highest BCUT2D eigenvalue weighted by Crippen LogP contribution is 2.43. The summed E-state index contributed by atoms with van der Waals surface area (Å²) in [4.78, 5) is 22.3. The number of hydrogen-bond donors (Lipinski definition) is 3. The Balaban J connectivity index is 1.73. The van der Waals surface area contributed by atoms with E-state index in [0.29, 0.717) is 49.8 Å². The number of hydrazine groups is 1. The first-order valence-electron chi connectivity index (χ1n) is 14.9. The molecule has 0 saturated carbocycles. The van der Waals surface area contributed by atoms with Crippen LogP contribution in [0.4, 0.5) is 0 Å². The quantitative estimate of drug-likeness (QED) is 0.0527. The van der Waals surface area contributed by atoms with Gasteiger partial charge in [0.2, 0.25) is 5.90 Å².